The first kappa shape index (κ1) is 16.2. The fourth-order valence-corrected chi connectivity index (χ4v) is 3.26. The molecule has 0 saturated carbocycles. The molecule has 26 heavy (non-hydrogen) atoms. The first-order chi connectivity index (χ1) is 12.7. The third-order valence-electron chi connectivity index (χ3n) is 3.90. The van der Waals surface area contributed by atoms with Crippen molar-refractivity contribution in [2.45, 2.75) is 0 Å². The SMILES string of the molecule is O=C(COC(=O)c1cccc2ccccc12)Nc1cccc2nsnc12. The third kappa shape index (κ3) is 3.12. The van der Waals surface area contributed by atoms with Crippen molar-refractivity contribution in [2.24, 2.45) is 0 Å². The van der Waals surface area contributed by atoms with E-state index in [-0.39, 0.29) is 6.61 Å². The zero-order valence-electron chi connectivity index (χ0n) is 13.5. The lowest BCUT2D eigenvalue weighted by atomic mass is 10.1. The molecule has 0 fully saturated rings. The highest BCUT2D eigenvalue weighted by Gasteiger charge is 2.14. The van der Waals surface area contributed by atoms with Gasteiger partial charge in [0, 0.05) is 0 Å². The monoisotopic (exact) mass is 363 g/mol. The highest BCUT2D eigenvalue weighted by atomic mass is 32.1. The summed E-state index contributed by atoms with van der Waals surface area (Å²) >= 11 is 1.07. The number of hydrogen-bond donors (Lipinski definition) is 1. The molecular formula is C19H13N3O3S. The van der Waals surface area contributed by atoms with Crippen LogP contribution in [0.3, 0.4) is 0 Å². The largest absolute Gasteiger partial charge is 0.452 e. The van der Waals surface area contributed by atoms with Gasteiger partial charge in [-0.05, 0) is 29.0 Å². The second kappa shape index (κ2) is 6.89. The molecule has 128 valence electrons. The predicted octanol–water partition coefficient (Wildman–Crippen LogP) is 3.64. The van der Waals surface area contributed by atoms with Crippen LogP contribution in [0.25, 0.3) is 21.8 Å². The van der Waals surface area contributed by atoms with Crippen LogP contribution >= 0.6 is 11.7 Å². The molecule has 4 rings (SSSR count). The molecule has 0 aliphatic carbocycles. The Kier molecular flexibility index (Phi) is 4.28. The lowest BCUT2D eigenvalue weighted by Gasteiger charge is -2.08. The molecule has 0 aliphatic heterocycles. The Bertz CT molecular complexity index is 1120. The van der Waals surface area contributed by atoms with Crippen LogP contribution < -0.4 is 5.32 Å². The Hall–Kier alpha value is -3.32. The van der Waals surface area contributed by atoms with Gasteiger partial charge in [0.25, 0.3) is 5.91 Å². The minimum atomic E-state index is -0.537. The summed E-state index contributed by atoms with van der Waals surface area (Å²) in [5.41, 5.74) is 2.30. The maximum atomic E-state index is 12.4. The van der Waals surface area contributed by atoms with E-state index >= 15 is 0 Å². The highest BCUT2D eigenvalue weighted by molar-refractivity contribution is 7.00. The van der Waals surface area contributed by atoms with Gasteiger partial charge in [0.15, 0.2) is 6.61 Å². The molecule has 4 aromatic rings. The quantitative estimate of drug-likeness (QED) is 0.560. The van der Waals surface area contributed by atoms with Gasteiger partial charge in [0.1, 0.15) is 11.0 Å². The maximum absolute atomic E-state index is 12.4. The van der Waals surface area contributed by atoms with E-state index < -0.39 is 11.9 Å². The van der Waals surface area contributed by atoms with Gasteiger partial charge >= 0.3 is 5.97 Å². The number of carbonyl (C=O) groups is 2. The number of rotatable bonds is 4. The van der Waals surface area contributed by atoms with Crippen LogP contribution in [-0.4, -0.2) is 27.2 Å². The molecule has 1 heterocycles. The molecule has 1 aromatic heterocycles. The molecule has 1 amide bonds. The first-order valence-electron chi connectivity index (χ1n) is 7.88. The van der Waals surface area contributed by atoms with Gasteiger partial charge in [0.2, 0.25) is 0 Å². The van der Waals surface area contributed by atoms with Crippen LogP contribution in [0.2, 0.25) is 0 Å². The van der Waals surface area contributed by atoms with E-state index in [0.717, 1.165) is 22.5 Å². The minimum Gasteiger partial charge on any atom is -0.452 e. The average Bonchev–Trinajstić information content (AvgIpc) is 3.15. The fourth-order valence-electron chi connectivity index (χ4n) is 2.71. The molecule has 0 saturated heterocycles. The molecule has 1 N–H and O–H groups in total. The number of aromatic nitrogens is 2. The van der Waals surface area contributed by atoms with E-state index in [0.29, 0.717) is 22.3 Å². The summed E-state index contributed by atoms with van der Waals surface area (Å²) in [5, 5.41) is 4.43. The van der Waals surface area contributed by atoms with Crippen LogP contribution in [0, 0.1) is 0 Å². The van der Waals surface area contributed by atoms with E-state index in [1.807, 2.05) is 36.4 Å². The number of carbonyl (C=O) groups excluding carboxylic acids is 2. The number of hydrogen-bond acceptors (Lipinski definition) is 6. The lowest BCUT2D eigenvalue weighted by Crippen LogP contribution is -2.21. The summed E-state index contributed by atoms with van der Waals surface area (Å²) in [6, 6.07) is 18.2. The summed E-state index contributed by atoms with van der Waals surface area (Å²) < 4.78 is 13.5. The van der Waals surface area contributed by atoms with Gasteiger partial charge in [-0.2, -0.15) is 8.75 Å². The van der Waals surface area contributed by atoms with Crippen molar-refractivity contribution in [1.82, 2.24) is 8.75 Å². The first-order valence-corrected chi connectivity index (χ1v) is 8.61. The highest BCUT2D eigenvalue weighted by Crippen LogP contribution is 2.21. The normalized spacial score (nSPS) is 10.8. The van der Waals surface area contributed by atoms with Crippen LogP contribution in [-0.2, 0) is 9.53 Å². The van der Waals surface area contributed by atoms with Crippen molar-refractivity contribution in [1.29, 1.82) is 0 Å². The van der Waals surface area contributed by atoms with Crippen LogP contribution in [0.1, 0.15) is 10.4 Å². The fraction of sp³-hybridized carbons (Fsp3) is 0.0526. The number of anilines is 1. The van der Waals surface area contributed by atoms with E-state index in [2.05, 4.69) is 14.1 Å². The Balaban J connectivity index is 1.46. The number of nitrogens with one attached hydrogen (secondary N) is 1. The van der Waals surface area contributed by atoms with Gasteiger partial charge in [0.05, 0.1) is 23.0 Å². The molecule has 0 aliphatic rings. The molecule has 0 radical (unpaired) electrons. The second-order valence-electron chi connectivity index (χ2n) is 5.59. The smallest absolute Gasteiger partial charge is 0.339 e. The van der Waals surface area contributed by atoms with Gasteiger partial charge in [-0.1, -0.05) is 42.5 Å². The minimum absolute atomic E-state index is 0.379. The molecule has 0 bridgehead atoms. The van der Waals surface area contributed by atoms with Crippen molar-refractivity contribution in [3.63, 3.8) is 0 Å². The Labute approximate surface area is 152 Å². The molecule has 3 aromatic carbocycles. The summed E-state index contributed by atoms with van der Waals surface area (Å²) in [5.74, 6) is -0.968. The number of benzene rings is 3. The number of fused-ring (bicyclic) bond motifs is 2. The van der Waals surface area contributed by atoms with Crippen LogP contribution in [0.5, 0.6) is 0 Å². The standard InChI is InChI=1S/C19H13N3O3S/c23-17(20-15-9-4-10-16-18(15)22-26-21-16)11-25-19(24)14-8-3-6-12-5-1-2-7-13(12)14/h1-10H,11H2,(H,20,23). The third-order valence-corrected chi connectivity index (χ3v) is 4.45. The molecular weight excluding hydrogens is 350 g/mol. The van der Waals surface area contributed by atoms with Gasteiger partial charge in [-0.3, -0.25) is 4.79 Å². The van der Waals surface area contributed by atoms with E-state index in [1.165, 1.54) is 0 Å². The molecule has 6 nitrogen and oxygen atoms in total. The van der Waals surface area contributed by atoms with Crippen molar-refractivity contribution in [2.75, 3.05) is 11.9 Å². The number of esters is 1. The average molecular weight is 363 g/mol. The Morgan fingerprint density at radius 3 is 2.69 bits per heavy atom. The lowest BCUT2D eigenvalue weighted by molar-refractivity contribution is -0.119. The zero-order chi connectivity index (χ0) is 17.9. The maximum Gasteiger partial charge on any atom is 0.339 e. The van der Waals surface area contributed by atoms with Gasteiger partial charge < -0.3 is 10.1 Å². The topological polar surface area (TPSA) is 81.2 Å². The van der Waals surface area contributed by atoms with Crippen LogP contribution in [0.4, 0.5) is 5.69 Å². The van der Waals surface area contributed by atoms with E-state index in [4.69, 9.17) is 4.74 Å². The predicted molar refractivity (Wildman–Crippen MR) is 100 cm³/mol. The zero-order valence-corrected chi connectivity index (χ0v) is 14.3. The number of amides is 1. The van der Waals surface area contributed by atoms with Gasteiger partial charge in [-0.25, -0.2) is 4.79 Å². The van der Waals surface area contributed by atoms with Crippen molar-refractivity contribution in [3.05, 3.63) is 66.2 Å². The molecule has 0 spiro atoms. The van der Waals surface area contributed by atoms with Crippen molar-refractivity contribution < 1.29 is 14.3 Å². The van der Waals surface area contributed by atoms with E-state index in [1.54, 1.807) is 24.3 Å². The van der Waals surface area contributed by atoms with Crippen molar-refractivity contribution in [3.8, 4) is 0 Å². The van der Waals surface area contributed by atoms with Gasteiger partial charge in [-0.15, -0.1) is 0 Å². The Morgan fingerprint density at radius 1 is 0.962 bits per heavy atom. The number of ether oxygens (including phenoxy) is 1. The Morgan fingerprint density at radius 2 is 1.77 bits per heavy atom. The summed E-state index contributed by atoms with van der Waals surface area (Å²) in [4.78, 5) is 24.5. The number of nitrogens with zero attached hydrogens (tertiary/aromatic N) is 2. The molecule has 7 heteroatoms. The summed E-state index contributed by atoms with van der Waals surface area (Å²) in [6.45, 7) is -0.379. The molecule has 0 unspecified atom stereocenters. The van der Waals surface area contributed by atoms with Crippen molar-refractivity contribution >= 4 is 51.1 Å². The van der Waals surface area contributed by atoms with E-state index in [9.17, 15) is 9.59 Å². The summed E-state index contributed by atoms with van der Waals surface area (Å²) in [7, 11) is 0. The van der Waals surface area contributed by atoms with Crippen LogP contribution in [0.15, 0.2) is 60.7 Å². The molecule has 0 atom stereocenters. The second-order valence-corrected chi connectivity index (χ2v) is 6.12. The summed E-state index contributed by atoms with van der Waals surface area (Å²) in [6.07, 6.45) is 0.